The van der Waals surface area contributed by atoms with Crippen molar-refractivity contribution in [2.75, 3.05) is 36.1 Å². The fourth-order valence-electron chi connectivity index (χ4n) is 1.64. The average Bonchev–Trinajstić information content (AvgIpc) is 2.44. The summed E-state index contributed by atoms with van der Waals surface area (Å²) in [4.78, 5) is 23.8. The third-order valence-electron chi connectivity index (χ3n) is 2.57. The Labute approximate surface area is 122 Å². The number of carbonyl (C=O) groups excluding carboxylic acids is 1. The molecule has 5 nitrogen and oxygen atoms in total. The summed E-state index contributed by atoms with van der Waals surface area (Å²) < 4.78 is 5.08. The third-order valence-corrected chi connectivity index (χ3v) is 3.46. The fourth-order valence-corrected chi connectivity index (χ4v) is 2.17. The number of anilines is 1. The van der Waals surface area contributed by atoms with Crippen molar-refractivity contribution in [3.8, 4) is 0 Å². The van der Waals surface area contributed by atoms with Crippen molar-refractivity contribution in [1.29, 1.82) is 0 Å². The molecule has 0 saturated carbocycles. The quantitative estimate of drug-likeness (QED) is 0.702. The summed E-state index contributed by atoms with van der Waals surface area (Å²) in [5.41, 5.74) is 1.09. The van der Waals surface area contributed by atoms with Crippen LogP contribution in [0.2, 0.25) is 0 Å². The van der Waals surface area contributed by atoms with E-state index in [1.165, 1.54) is 0 Å². The van der Waals surface area contributed by atoms with Crippen LogP contribution in [0, 0.1) is 0 Å². The Morgan fingerprint density at radius 1 is 1.25 bits per heavy atom. The maximum absolute atomic E-state index is 11.4. The van der Waals surface area contributed by atoms with Crippen LogP contribution in [-0.2, 0) is 14.3 Å². The number of hydrogen-bond donors (Lipinski definition) is 1. The number of nitrogens with zero attached hydrogens (tertiary/aromatic N) is 1. The number of ether oxygens (including phenoxy) is 1. The van der Waals surface area contributed by atoms with Gasteiger partial charge in [-0.05, 0) is 19.1 Å². The lowest BCUT2D eigenvalue weighted by Crippen LogP contribution is -2.28. The standard InChI is InChI=1S/C14H19NO4S/c1-2-15(12-6-4-3-5-7-12)8-9-19-14(18)11-20-10-13(16)17/h3-7H,2,8-11H2,1H3,(H,16,17). The van der Waals surface area contributed by atoms with E-state index in [0.29, 0.717) is 13.2 Å². The van der Waals surface area contributed by atoms with Crippen LogP contribution in [0.15, 0.2) is 30.3 Å². The second kappa shape index (κ2) is 9.25. The number of benzene rings is 1. The van der Waals surface area contributed by atoms with Gasteiger partial charge in [0.2, 0.25) is 0 Å². The monoisotopic (exact) mass is 297 g/mol. The molecular weight excluding hydrogens is 278 g/mol. The number of para-hydroxylation sites is 1. The van der Waals surface area contributed by atoms with E-state index in [1.54, 1.807) is 0 Å². The minimum absolute atomic E-state index is 0.0732. The zero-order valence-electron chi connectivity index (χ0n) is 11.4. The highest BCUT2D eigenvalue weighted by atomic mass is 32.2. The number of thioether (sulfide) groups is 1. The highest BCUT2D eigenvalue weighted by molar-refractivity contribution is 8.00. The largest absolute Gasteiger partial charge is 0.481 e. The van der Waals surface area contributed by atoms with Crippen LogP contribution in [0.4, 0.5) is 5.69 Å². The number of carbonyl (C=O) groups is 2. The van der Waals surface area contributed by atoms with E-state index in [0.717, 1.165) is 24.0 Å². The van der Waals surface area contributed by atoms with E-state index in [4.69, 9.17) is 9.84 Å². The molecule has 0 aliphatic rings. The summed E-state index contributed by atoms with van der Waals surface area (Å²) in [5, 5.41) is 8.45. The third kappa shape index (κ3) is 6.47. The van der Waals surface area contributed by atoms with E-state index in [1.807, 2.05) is 37.3 Å². The molecule has 1 rings (SSSR count). The van der Waals surface area contributed by atoms with Gasteiger partial charge in [-0.2, -0.15) is 0 Å². The Balaban J connectivity index is 2.25. The Bertz CT molecular complexity index is 424. The summed E-state index contributed by atoms with van der Waals surface area (Å²) in [5.74, 6) is -1.31. The van der Waals surface area contributed by atoms with Crippen LogP contribution in [-0.4, -0.2) is 48.2 Å². The van der Waals surface area contributed by atoms with Crippen molar-refractivity contribution in [1.82, 2.24) is 0 Å². The van der Waals surface area contributed by atoms with Gasteiger partial charge in [0.1, 0.15) is 6.61 Å². The maximum atomic E-state index is 11.4. The van der Waals surface area contributed by atoms with Gasteiger partial charge in [0.15, 0.2) is 0 Å². The number of esters is 1. The van der Waals surface area contributed by atoms with Crippen LogP contribution in [0.1, 0.15) is 6.92 Å². The lowest BCUT2D eigenvalue weighted by atomic mass is 10.3. The molecule has 110 valence electrons. The van der Waals surface area contributed by atoms with Crippen LogP contribution in [0.25, 0.3) is 0 Å². The molecule has 0 aliphatic carbocycles. The van der Waals surface area contributed by atoms with E-state index in [9.17, 15) is 9.59 Å². The van der Waals surface area contributed by atoms with E-state index in [-0.39, 0.29) is 17.5 Å². The van der Waals surface area contributed by atoms with Gasteiger partial charge in [-0.3, -0.25) is 9.59 Å². The highest BCUT2D eigenvalue weighted by Crippen LogP contribution is 2.12. The number of aliphatic carboxylic acids is 1. The topological polar surface area (TPSA) is 66.8 Å². The molecule has 1 N–H and O–H groups in total. The minimum Gasteiger partial charge on any atom is -0.481 e. The molecule has 0 spiro atoms. The predicted molar refractivity (Wildman–Crippen MR) is 80.2 cm³/mol. The van der Waals surface area contributed by atoms with Crippen molar-refractivity contribution in [2.24, 2.45) is 0 Å². The molecule has 0 unspecified atom stereocenters. The lowest BCUT2D eigenvalue weighted by molar-refractivity contribution is -0.140. The van der Waals surface area contributed by atoms with Crippen molar-refractivity contribution in [3.63, 3.8) is 0 Å². The van der Waals surface area contributed by atoms with Crippen molar-refractivity contribution < 1.29 is 19.4 Å². The Kier molecular flexibility index (Phi) is 7.57. The molecule has 20 heavy (non-hydrogen) atoms. The second-order valence-corrected chi connectivity index (χ2v) is 5.01. The summed E-state index contributed by atoms with van der Waals surface area (Å²) >= 11 is 1.04. The first-order valence-corrected chi connectivity index (χ1v) is 7.54. The van der Waals surface area contributed by atoms with Gasteiger partial charge in [-0.15, -0.1) is 11.8 Å². The number of likely N-dealkylation sites (N-methyl/N-ethyl adjacent to an activating group) is 1. The highest BCUT2D eigenvalue weighted by Gasteiger charge is 2.07. The van der Waals surface area contributed by atoms with Gasteiger partial charge in [0, 0.05) is 12.2 Å². The number of hydrogen-bond acceptors (Lipinski definition) is 5. The van der Waals surface area contributed by atoms with E-state index in [2.05, 4.69) is 4.90 Å². The fraction of sp³-hybridized carbons (Fsp3) is 0.429. The van der Waals surface area contributed by atoms with Gasteiger partial charge < -0.3 is 14.7 Å². The number of carboxylic acids is 1. The van der Waals surface area contributed by atoms with Crippen molar-refractivity contribution in [2.45, 2.75) is 6.92 Å². The molecule has 0 bridgehead atoms. The zero-order valence-corrected chi connectivity index (χ0v) is 12.3. The first-order chi connectivity index (χ1) is 9.63. The SMILES string of the molecule is CCN(CCOC(=O)CSCC(=O)O)c1ccccc1. The van der Waals surface area contributed by atoms with Crippen molar-refractivity contribution >= 4 is 29.4 Å². The Morgan fingerprint density at radius 2 is 1.95 bits per heavy atom. The van der Waals surface area contributed by atoms with Crippen LogP contribution < -0.4 is 4.90 Å². The summed E-state index contributed by atoms with van der Waals surface area (Å²) in [7, 11) is 0. The Morgan fingerprint density at radius 3 is 2.55 bits per heavy atom. The molecular formula is C14H19NO4S. The van der Waals surface area contributed by atoms with Crippen molar-refractivity contribution in [3.05, 3.63) is 30.3 Å². The normalized spacial score (nSPS) is 10.1. The first kappa shape index (κ1) is 16.4. The van der Waals surface area contributed by atoms with Gasteiger partial charge in [-0.25, -0.2) is 0 Å². The van der Waals surface area contributed by atoms with Crippen LogP contribution in [0.5, 0.6) is 0 Å². The molecule has 0 aromatic heterocycles. The molecule has 0 fully saturated rings. The lowest BCUT2D eigenvalue weighted by Gasteiger charge is -2.22. The average molecular weight is 297 g/mol. The molecule has 6 heteroatoms. The first-order valence-electron chi connectivity index (χ1n) is 6.38. The van der Waals surface area contributed by atoms with Crippen LogP contribution in [0.3, 0.4) is 0 Å². The van der Waals surface area contributed by atoms with Gasteiger partial charge in [0.25, 0.3) is 0 Å². The maximum Gasteiger partial charge on any atom is 0.315 e. The van der Waals surface area contributed by atoms with Gasteiger partial charge in [-0.1, -0.05) is 18.2 Å². The second-order valence-electron chi connectivity index (χ2n) is 4.02. The summed E-state index contributed by atoms with van der Waals surface area (Å²) in [6.07, 6.45) is 0. The van der Waals surface area contributed by atoms with Gasteiger partial charge in [0.05, 0.1) is 18.1 Å². The molecule has 0 aliphatic heterocycles. The molecule has 0 radical (unpaired) electrons. The van der Waals surface area contributed by atoms with Gasteiger partial charge >= 0.3 is 11.9 Å². The molecule has 0 heterocycles. The molecule has 1 aromatic carbocycles. The molecule has 0 amide bonds. The number of carboxylic acid groups (broad SMARTS) is 1. The van der Waals surface area contributed by atoms with Crippen LogP contribution >= 0.6 is 11.8 Å². The zero-order chi connectivity index (χ0) is 14.8. The predicted octanol–water partition coefficient (Wildman–Crippen LogP) is 1.87. The number of rotatable bonds is 9. The Hall–Kier alpha value is -1.69. The molecule has 0 saturated heterocycles. The smallest absolute Gasteiger partial charge is 0.315 e. The molecule has 0 atom stereocenters. The van der Waals surface area contributed by atoms with E-state index < -0.39 is 5.97 Å². The summed E-state index contributed by atoms with van der Waals surface area (Å²) in [6.45, 7) is 3.79. The molecule has 1 aromatic rings. The summed E-state index contributed by atoms with van der Waals surface area (Å²) in [6, 6.07) is 9.90. The van der Waals surface area contributed by atoms with E-state index >= 15 is 0 Å². The minimum atomic E-state index is -0.927.